The van der Waals surface area contributed by atoms with Gasteiger partial charge in [-0.05, 0) is 51.7 Å². The molecule has 0 spiro atoms. The van der Waals surface area contributed by atoms with Crippen LogP contribution in [0, 0.1) is 5.41 Å². The number of benzene rings is 1. The van der Waals surface area contributed by atoms with Gasteiger partial charge in [0.05, 0.1) is 25.5 Å². The molecule has 162 valence electrons. The van der Waals surface area contributed by atoms with Gasteiger partial charge in [-0.2, -0.15) is 5.10 Å². The highest BCUT2D eigenvalue weighted by Crippen LogP contribution is 2.46. The van der Waals surface area contributed by atoms with Crippen molar-refractivity contribution < 1.29 is 14.6 Å². The summed E-state index contributed by atoms with van der Waals surface area (Å²) < 4.78 is 14.4. The van der Waals surface area contributed by atoms with E-state index in [9.17, 15) is 5.11 Å². The molecule has 2 aromatic rings. The van der Waals surface area contributed by atoms with Crippen LogP contribution in [0.25, 0.3) is 11.1 Å². The summed E-state index contributed by atoms with van der Waals surface area (Å²) in [6.07, 6.45) is 9.02. The van der Waals surface area contributed by atoms with Gasteiger partial charge in [0.1, 0.15) is 11.9 Å². The van der Waals surface area contributed by atoms with E-state index in [0.717, 1.165) is 29.7 Å². The van der Waals surface area contributed by atoms with Gasteiger partial charge >= 0.3 is 0 Å². The Labute approximate surface area is 178 Å². The molecular weight excluding hydrogens is 378 g/mol. The molecule has 1 saturated heterocycles. The molecule has 2 aliphatic heterocycles. The van der Waals surface area contributed by atoms with E-state index < -0.39 is 0 Å². The molecule has 0 bridgehead atoms. The van der Waals surface area contributed by atoms with Gasteiger partial charge in [-0.25, -0.2) is 0 Å². The summed E-state index contributed by atoms with van der Waals surface area (Å²) in [6.45, 7) is 9.03. The molecule has 1 N–H and O–H groups in total. The summed E-state index contributed by atoms with van der Waals surface area (Å²) in [5.74, 6) is 0.939. The summed E-state index contributed by atoms with van der Waals surface area (Å²) >= 11 is 0. The number of hydrogen-bond acceptors (Lipinski definition) is 5. The Morgan fingerprint density at radius 2 is 2.00 bits per heavy atom. The number of aliphatic hydroxyl groups excluding tert-OH is 1. The van der Waals surface area contributed by atoms with Gasteiger partial charge in [0.15, 0.2) is 6.23 Å². The van der Waals surface area contributed by atoms with Crippen molar-refractivity contribution in [3.05, 3.63) is 30.1 Å². The first kappa shape index (κ1) is 19.9. The maximum absolute atomic E-state index is 9.74. The zero-order valence-corrected chi connectivity index (χ0v) is 18.5. The fourth-order valence-electron chi connectivity index (χ4n) is 4.41. The Bertz CT molecular complexity index is 934. The predicted octanol–water partition coefficient (Wildman–Crippen LogP) is 4.17. The van der Waals surface area contributed by atoms with E-state index in [1.807, 2.05) is 20.0 Å². The second kappa shape index (κ2) is 7.27. The van der Waals surface area contributed by atoms with E-state index in [1.54, 1.807) is 0 Å². The van der Waals surface area contributed by atoms with Crippen molar-refractivity contribution in [3.8, 4) is 16.9 Å². The molecule has 2 fully saturated rings. The second-order valence-electron chi connectivity index (χ2n) is 10.0. The Balaban J connectivity index is 1.56. The van der Waals surface area contributed by atoms with Gasteiger partial charge in [-0.3, -0.25) is 4.68 Å². The van der Waals surface area contributed by atoms with Crippen LogP contribution in [0.2, 0.25) is 0 Å². The number of epoxide rings is 1. The summed E-state index contributed by atoms with van der Waals surface area (Å²) in [5, 5.41) is 14.3. The second-order valence-corrected chi connectivity index (χ2v) is 10.0. The lowest BCUT2D eigenvalue weighted by Gasteiger charge is -2.37. The quantitative estimate of drug-likeness (QED) is 0.693. The number of aromatic nitrogens is 2. The van der Waals surface area contributed by atoms with Gasteiger partial charge in [-0.15, -0.1) is 0 Å². The molecule has 2 unspecified atom stereocenters. The van der Waals surface area contributed by atoms with Crippen LogP contribution in [0.15, 0.2) is 24.5 Å². The fourth-order valence-corrected chi connectivity index (χ4v) is 4.41. The smallest absolute Gasteiger partial charge is 0.157 e. The third kappa shape index (κ3) is 3.60. The number of nitrogens with zero attached hydrogens (tertiary/aromatic N) is 3. The maximum atomic E-state index is 9.74. The topological polar surface area (TPSA) is 63.1 Å². The Kier molecular flexibility index (Phi) is 4.82. The lowest BCUT2D eigenvalue weighted by Crippen LogP contribution is -2.40. The van der Waals surface area contributed by atoms with Gasteiger partial charge in [-0.1, -0.05) is 13.8 Å². The highest BCUT2D eigenvalue weighted by Gasteiger charge is 2.44. The van der Waals surface area contributed by atoms with Crippen molar-refractivity contribution in [2.45, 2.75) is 77.8 Å². The minimum Gasteiger partial charge on any atom is -0.492 e. The van der Waals surface area contributed by atoms with E-state index in [2.05, 4.69) is 46.9 Å². The fraction of sp³-hybridized carbons (Fsp3) is 0.625. The standard InChI is InChI=1S/C24H33N3O3/c1-15-5-8-20-21(27(15)23-16(2)30-23)10-9-19(22(20)29-14-24(3,4)13-28)17-11-25-26(12-17)18-6-7-18/h9-12,15-16,18,23,28H,5-8,13-14H2,1-4H3/t15-,16?,23?/m0/s1. The van der Waals surface area contributed by atoms with Crippen molar-refractivity contribution in [1.82, 2.24) is 9.78 Å². The lowest BCUT2D eigenvalue weighted by atomic mass is 9.91. The molecule has 1 aromatic carbocycles. The van der Waals surface area contributed by atoms with Crippen LogP contribution in [0.1, 0.15) is 58.6 Å². The lowest BCUT2D eigenvalue weighted by molar-refractivity contribution is 0.0972. The molecule has 0 radical (unpaired) electrons. The van der Waals surface area contributed by atoms with Crippen LogP contribution < -0.4 is 9.64 Å². The number of anilines is 1. The van der Waals surface area contributed by atoms with Crippen molar-refractivity contribution in [3.63, 3.8) is 0 Å². The minimum absolute atomic E-state index is 0.0908. The summed E-state index contributed by atoms with van der Waals surface area (Å²) in [5.41, 5.74) is 4.37. The van der Waals surface area contributed by atoms with Gasteiger partial charge in [0, 0.05) is 40.0 Å². The maximum Gasteiger partial charge on any atom is 0.157 e. The Morgan fingerprint density at radius 3 is 2.67 bits per heavy atom. The highest BCUT2D eigenvalue weighted by molar-refractivity contribution is 5.77. The normalized spacial score (nSPS) is 25.9. The van der Waals surface area contributed by atoms with Crippen LogP contribution >= 0.6 is 0 Å². The van der Waals surface area contributed by atoms with E-state index in [-0.39, 0.29) is 24.4 Å². The minimum atomic E-state index is -0.298. The van der Waals surface area contributed by atoms with Gasteiger partial charge < -0.3 is 19.5 Å². The zero-order chi connectivity index (χ0) is 21.0. The van der Waals surface area contributed by atoms with E-state index in [1.165, 1.54) is 24.1 Å². The zero-order valence-electron chi connectivity index (χ0n) is 18.5. The third-order valence-corrected chi connectivity index (χ3v) is 6.62. The van der Waals surface area contributed by atoms with E-state index >= 15 is 0 Å². The first-order chi connectivity index (χ1) is 14.4. The molecule has 1 aliphatic carbocycles. The van der Waals surface area contributed by atoms with Crippen LogP contribution in [0.3, 0.4) is 0 Å². The Hall–Kier alpha value is -2.05. The average Bonchev–Trinajstić information content (AvgIpc) is 3.65. The van der Waals surface area contributed by atoms with Crippen LogP contribution in [-0.4, -0.2) is 46.5 Å². The molecule has 3 aliphatic rings. The number of rotatable bonds is 7. The van der Waals surface area contributed by atoms with Crippen molar-refractivity contribution >= 4 is 5.69 Å². The van der Waals surface area contributed by atoms with Crippen molar-refractivity contribution in [2.75, 3.05) is 18.1 Å². The van der Waals surface area contributed by atoms with Crippen LogP contribution in [-0.2, 0) is 11.2 Å². The molecule has 0 amide bonds. The van der Waals surface area contributed by atoms with Crippen molar-refractivity contribution in [1.29, 1.82) is 0 Å². The number of ether oxygens (including phenoxy) is 2. The van der Waals surface area contributed by atoms with Crippen LogP contribution in [0.4, 0.5) is 5.69 Å². The number of hydrogen-bond donors (Lipinski definition) is 1. The first-order valence-corrected chi connectivity index (χ1v) is 11.3. The molecule has 30 heavy (non-hydrogen) atoms. The van der Waals surface area contributed by atoms with Crippen molar-refractivity contribution in [2.24, 2.45) is 5.41 Å². The molecule has 1 saturated carbocycles. The van der Waals surface area contributed by atoms with Crippen LogP contribution in [0.5, 0.6) is 5.75 Å². The Morgan fingerprint density at radius 1 is 1.23 bits per heavy atom. The average molecular weight is 412 g/mol. The van der Waals surface area contributed by atoms with Gasteiger partial charge in [0.2, 0.25) is 0 Å². The molecular formula is C24H33N3O3. The summed E-state index contributed by atoms with van der Waals surface area (Å²) in [7, 11) is 0. The van der Waals surface area contributed by atoms with E-state index in [4.69, 9.17) is 9.47 Å². The molecule has 6 nitrogen and oxygen atoms in total. The van der Waals surface area contributed by atoms with E-state index in [0.29, 0.717) is 18.7 Å². The first-order valence-electron chi connectivity index (χ1n) is 11.3. The molecule has 1 aromatic heterocycles. The largest absolute Gasteiger partial charge is 0.492 e. The predicted molar refractivity (Wildman–Crippen MR) is 117 cm³/mol. The molecule has 3 heterocycles. The molecule has 3 atom stereocenters. The summed E-state index contributed by atoms with van der Waals surface area (Å²) in [4.78, 5) is 2.42. The molecule has 5 rings (SSSR count). The third-order valence-electron chi connectivity index (χ3n) is 6.62. The molecule has 6 heteroatoms. The summed E-state index contributed by atoms with van der Waals surface area (Å²) in [6, 6.07) is 5.40. The highest BCUT2D eigenvalue weighted by atomic mass is 16.6. The van der Waals surface area contributed by atoms with Gasteiger partial charge in [0.25, 0.3) is 0 Å². The number of aliphatic hydroxyl groups is 1. The number of fused-ring (bicyclic) bond motifs is 1. The monoisotopic (exact) mass is 411 g/mol. The SMILES string of the molecule is CC1OC1N1c2ccc(-c3cnn(C4CC4)c3)c(OCC(C)(C)CO)c2CC[C@@H]1C.